The summed E-state index contributed by atoms with van der Waals surface area (Å²) in [6.45, 7) is 3.97. The third kappa shape index (κ3) is 3.69. The molecular formula is C12H18FN3O. The Morgan fingerprint density at radius 2 is 2.29 bits per heavy atom. The average molecular weight is 239 g/mol. The van der Waals surface area contributed by atoms with E-state index in [1.165, 1.54) is 6.07 Å². The monoisotopic (exact) mass is 239 g/mol. The molecule has 1 rings (SSSR count). The molecule has 4 nitrogen and oxygen atoms in total. The van der Waals surface area contributed by atoms with Crippen molar-refractivity contribution < 1.29 is 9.18 Å². The van der Waals surface area contributed by atoms with Crippen LogP contribution in [0.1, 0.15) is 37.0 Å². The molecule has 0 saturated carbocycles. The first-order chi connectivity index (χ1) is 8.08. The standard InChI is InChI=1S/C12H18FN3O/c1-4-5-8(2)16-12(17)10-6-9(13)7-15-11(10)14-3/h6-8H,4-5H2,1-3H3,(H,14,15)(H,16,17). The largest absolute Gasteiger partial charge is 0.372 e. The van der Waals surface area contributed by atoms with Gasteiger partial charge in [0.2, 0.25) is 0 Å². The molecule has 0 aliphatic carbocycles. The molecule has 1 aromatic heterocycles. The first-order valence-corrected chi connectivity index (χ1v) is 5.72. The van der Waals surface area contributed by atoms with Crippen LogP contribution in [0.4, 0.5) is 10.2 Å². The van der Waals surface area contributed by atoms with Crippen LogP contribution in [0.5, 0.6) is 0 Å². The molecule has 17 heavy (non-hydrogen) atoms. The van der Waals surface area contributed by atoms with Crippen molar-refractivity contribution in [2.45, 2.75) is 32.7 Å². The molecule has 1 atom stereocenters. The van der Waals surface area contributed by atoms with Gasteiger partial charge in [0.05, 0.1) is 11.8 Å². The fourth-order valence-electron chi connectivity index (χ4n) is 1.62. The number of nitrogens with one attached hydrogen (secondary N) is 2. The van der Waals surface area contributed by atoms with E-state index in [2.05, 4.69) is 15.6 Å². The summed E-state index contributed by atoms with van der Waals surface area (Å²) in [4.78, 5) is 15.7. The number of carbonyl (C=O) groups is 1. The normalized spacial score (nSPS) is 12.0. The maximum atomic E-state index is 13.1. The lowest BCUT2D eigenvalue weighted by molar-refractivity contribution is 0.0938. The van der Waals surface area contributed by atoms with E-state index in [1.54, 1.807) is 7.05 Å². The number of carbonyl (C=O) groups excluding carboxylic acids is 1. The fourth-order valence-corrected chi connectivity index (χ4v) is 1.62. The third-order valence-corrected chi connectivity index (χ3v) is 2.43. The lowest BCUT2D eigenvalue weighted by atomic mass is 10.1. The van der Waals surface area contributed by atoms with Crippen LogP contribution in [0.2, 0.25) is 0 Å². The van der Waals surface area contributed by atoms with Crippen LogP contribution < -0.4 is 10.6 Å². The quantitative estimate of drug-likeness (QED) is 0.828. The van der Waals surface area contributed by atoms with Gasteiger partial charge < -0.3 is 10.6 Å². The molecule has 5 heteroatoms. The maximum absolute atomic E-state index is 13.1. The van der Waals surface area contributed by atoms with Crippen molar-refractivity contribution in [1.29, 1.82) is 0 Å². The van der Waals surface area contributed by atoms with Crippen LogP contribution in [0, 0.1) is 5.82 Å². The van der Waals surface area contributed by atoms with Crippen molar-refractivity contribution >= 4 is 11.7 Å². The third-order valence-electron chi connectivity index (χ3n) is 2.43. The number of aromatic nitrogens is 1. The van der Waals surface area contributed by atoms with Crippen LogP contribution in [-0.2, 0) is 0 Å². The number of hydrogen-bond acceptors (Lipinski definition) is 3. The van der Waals surface area contributed by atoms with Crippen molar-refractivity contribution in [1.82, 2.24) is 10.3 Å². The molecule has 2 N–H and O–H groups in total. The highest BCUT2D eigenvalue weighted by Gasteiger charge is 2.14. The zero-order valence-electron chi connectivity index (χ0n) is 10.4. The first-order valence-electron chi connectivity index (χ1n) is 5.72. The van der Waals surface area contributed by atoms with Gasteiger partial charge in [0.25, 0.3) is 5.91 Å². The van der Waals surface area contributed by atoms with Gasteiger partial charge >= 0.3 is 0 Å². The Balaban J connectivity index is 2.83. The predicted octanol–water partition coefficient (Wildman–Crippen LogP) is 2.18. The van der Waals surface area contributed by atoms with Gasteiger partial charge in [-0.3, -0.25) is 4.79 Å². The van der Waals surface area contributed by atoms with Crippen LogP contribution in [0.15, 0.2) is 12.3 Å². The maximum Gasteiger partial charge on any atom is 0.255 e. The molecule has 0 bridgehead atoms. The van der Waals surface area contributed by atoms with Crippen LogP contribution >= 0.6 is 0 Å². The molecule has 0 aliphatic rings. The Morgan fingerprint density at radius 3 is 2.88 bits per heavy atom. The molecule has 1 aromatic rings. The molecule has 0 fully saturated rings. The van der Waals surface area contributed by atoms with E-state index in [0.717, 1.165) is 19.0 Å². The Bertz CT molecular complexity index is 395. The highest BCUT2D eigenvalue weighted by atomic mass is 19.1. The van der Waals surface area contributed by atoms with E-state index < -0.39 is 5.82 Å². The first kappa shape index (κ1) is 13.4. The molecule has 1 heterocycles. The van der Waals surface area contributed by atoms with E-state index in [1.807, 2.05) is 13.8 Å². The summed E-state index contributed by atoms with van der Waals surface area (Å²) in [6.07, 6.45) is 2.96. The molecule has 0 aliphatic heterocycles. The molecule has 0 spiro atoms. The second-order valence-electron chi connectivity index (χ2n) is 3.96. The Morgan fingerprint density at radius 1 is 1.59 bits per heavy atom. The summed E-state index contributed by atoms with van der Waals surface area (Å²) < 4.78 is 13.1. The van der Waals surface area contributed by atoms with E-state index in [0.29, 0.717) is 5.82 Å². The number of pyridine rings is 1. The molecule has 0 aromatic carbocycles. The average Bonchev–Trinajstić information content (AvgIpc) is 2.29. The molecule has 94 valence electrons. The number of halogens is 1. The molecular weight excluding hydrogens is 221 g/mol. The van der Waals surface area contributed by atoms with Crippen LogP contribution in [0.25, 0.3) is 0 Å². The van der Waals surface area contributed by atoms with Crippen molar-refractivity contribution in [2.24, 2.45) is 0 Å². The minimum absolute atomic E-state index is 0.0699. The second kappa shape index (κ2) is 6.18. The van der Waals surface area contributed by atoms with Crippen molar-refractivity contribution in [2.75, 3.05) is 12.4 Å². The lowest BCUT2D eigenvalue weighted by Crippen LogP contribution is -2.33. The molecule has 0 radical (unpaired) electrons. The van der Waals surface area contributed by atoms with E-state index in [4.69, 9.17) is 0 Å². The smallest absolute Gasteiger partial charge is 0.255 e. The van der Waals surface area contributed by atoms with Gasteiger partial charge in [-0.15, -0.1) is 0 Å². The molecule has 0 saturated heterocycles. The van der Waals surface area contributed by atoms with Gasteiger partial charge in [0, 0.05) is 13.1 Å². The summed E-state index contributed by atoms with van der Waals surface area (Å²) in [5.74, 6) is -0.438. The SMILES string of the molecule is CCCC(C)NC(=O)c1cc(F)cnc1NC. The highest BCUT2D eigenvalue weighted by molar-refractivity contribution is 5.98. The summed E-state index contributed by atoms with van der Waals surface area (Å²) in [7, 11) is 1.65. The zero-order chi connectivity index (χ0) is 12.8. The van der Waals surface area contributed by atoms with Crippen LogP contribution in [0.3, 0.4) is 0 Å². The summed E-state index contributed by atoms with van der Waals surface area (Å²) >= 11 is 0. The molecule has 1 amide bonds. The number of nitrogens with zero attached hydrogens (tertiary/aromatic N) is 1. The van der Waals surface area contributed by atoms with E-state index >= 15 is 0 Å². The van der Waals surface area contributed by atoms with Crippen molar-refractivity contribution in [3.63, 3.8) is 0 Å². The second-order valence-corrected chi connectivity index (χ2v) is 3.96. The van der Waals surface area contributed by atoms with Gasteiger partial charge in [-0.2, -0.15) is 0 Å². The Labute approximate surface area is 101 Å². The lowest BCUT2D eigenvalue weighted by Gasteiger charge is -2.14. The van der Waals surface area contributed by atoms with Crippen molar-refractivity contribution in [3.05, 3.63) is 23.6 Å². The van der Waals surface area contributed by atoms with Crippen LogP contribution in [-0.4, -0.2) is 24.0 Å². The fraction of sp³-hybridized carbons (Fsp3) is 0.500. The minimum atomic E-state index is -0.516. The van der Waals surface area contributed by atoms with Crippen molar-refractivity contribution in [3.8, 4) is 0 Å². The number of anilines is 1. The summed E-state index contributed by atoms with van der Waals surface area (Å²) in [5, 5.41) is 5.58. The zero-order valence-corrected chi connectivity index (χ0v) is 10.4. The number of amides is 1. The Hall–Kier alpha value is -1.65. The topological polar surface area (TPSA) is 54.0 Å². The predicted molar refractivity (Wildman–Crippen MR) is 65.6 cm³/mol. The summed E-state index contributed by atoms with van der Waals surface area (Å²) in [5.41, 5.74) is 0.232. The van der Waals surface area contributed by atoms with Gasteiger partial charge in [-0.05, 0) is 19.4 Å². The van der Waals surface area contributed by atoms with Gasteiger partial charge in [0.1, 0.15) is 11.6 Å². The van der Waals surface area contributed by atoms with Gasteiger partial charge in [0.15, 0.2) is 0 Å². The van der Waals surface area contributed by atoms with Gasteiger partial charge in [-0.25, -0.2) is 9.37 Å². The number of hydrogen-bond donors (Lipinski definition) is 2. The van der Waals surface area contributed by atoms with Gasteiger partial charge in [-0.1, -0.05) is 13.3 Å². The Kier molecular flexibility index (Phi) is 4.87. The highest BCUT2D eigenvalue weighted by Crippen LogP contribution is 2.13. The minimum Gasteiger partial charge on any atom is -0.372 e. The van der Waals surface area contributed by atoms with E-state index in [-0.39, 0.29) is 17.5 Å². The number of rotatable bonds is 5. The molecule has 1 unspecified atom stereocenters. The van der Waals surface area contributed by atoms with E-state index in [9.17, 15) is 9.18 Å². The summed E-state index contributed by atoms with van der Waals surface area (Å²) in [6, 6.07) is 1.26.